The summed E-state index contributed by atoms with van der Waals surface area (Å²) in [6.07, 6.45) is -1.07. The largest absolute Gasteiger partial charge is 0.465 e. The van der Waals surface area contributed by atoms with E-state index in [1.807, 2.05) is 0 Å². The van der Waals surface area contributed by atoms with Crippen LogP contribution in [0.1, 0.15) is 5.56 Å². The smallest absolute Gasteiger partial charge is 0.412 e. The van der Waals surface area contributed by atoms with Crippen molar-refractivity contribution in [3.63, 3.8) is 0 Å². The van der Waals surface area contributed by atoms with Gasteiger partial charge in [-0.3, -0.25) is 15.0 Å². The molecule has 1 aromatic carbocycles. The van der Waals surface area contributed by atoms with Crippen LogP contribution in [0.5, 0.6) is 0 Å². The van der Waals surface area contributed by atoms with Crippen LogP contribution < -0.4 is 4.90 Å². The zero-order valence-corrected chi connectivity index (χ0v) is 11.5. The van der Waals surface area contributed by atoms with Crippen LogP contribution >= 0.6 is 15.9 Å². The number of nitrogens with zero attached hydrogens (tertiary/aromatic N) is 5. The van der Waals surface area contributed by atoms with Gasteiger partial charge in [0.1, 0.15) is 5.69 Å². The molecule has 1 N–H and O–H groups in total. The average Bonchev–Trinajstić information content (AvgIpc) is 2.36. The van der Waals surface area contributed by atoms with Gasteiger partial charge < -0.3 is 5.11 Å². The molecule has 0 spiro atoms. The standard InChI is InChI=1S/C10H8BrN5O4/c11-6-1-5-2-7(13-14-12)4-15(10(17)18)9(5)8(3-6)16(19)20/h1,3,7H,2,4H2,(H,17,18). The Labute approximate surface area is 120 Å². The van der Waals surface area contributed by atoms with Crippen molar-refractivity contribution in [2.45, 2.75) is 12.5 Å². The minimum absolute atomic E-state index is 0.0371. The van der Waals surface area contributed by atoms with Crippen LogP contribution in [0.15, 0.2) is 21.7 Å². The van der Waals surface area contributed by atoms with E-state index in [1.54, 1.807) is 6.07 Å². The average molecular weight is 342 g/mol. The van der Waals surface area contributed by atoms with Crippen LogP contribution in [0.4, 0.5) is 16.2 Å². The van der Waals surface area contributed by atoms with Crippen molar-refractivity contribution in [2.75, 3.05) is 11.4 Å². The quantitative estimate of drug-likeness (QED) is 0.291. The van der Waals surface area contributed by atoms with Gasteiger partial charge in [0.25, 0.3) is 5.69 Å². The zero-order chi connectivity index (χ0) is 14.9. The lowest BCUT2D eigenvalue weighted by atomic mass is 9.97. The molecular formula is C10H8BrN5O4. The number of anilines is 1. The molecule has 1 aromatic rings. The highest BCUT2D eigenvalue weighted by molar-refractivity contribution is 9.10. The van der Waals surface area contributed by atoms with Gasteiger partial charge in [0.2, 0.25) is 0 Å². The molecule has 10 heteroatoms. The SMILES string of the molecule is [N-]=[N+]=NC1Cc2cc(Br)cc([N+](=O)[O-])c2N(C(=O)O)C1. The number of carbonyl (C=O) groups is 1. The van der Waals surface area contributed by atoms with Crippen LogP contribution in [0.25, 0.3) is 10.4 Å². The number of azide groups is 1. The fraction of sp³-hybridized carbons (Fsp3) is 0.300. The molecule has 0 fully saturated rings. The summed E-state index contributed by atoms with van der Waals surface area (Å²) < 4.78 is 0.467. The molecular weight excluding hydrogens is 334 g/mol. The summed E-state index contributed by atoms with van der Waals surface area (Å²) in [6.45, 7) is -0.102. The first-order chi connectivity index (χ1) is 9.43. The molecule has 0 saturated carbocycles. The predicted octanol–water partition coefficient (Wildman–Crippen LogP) is 3.08. The Morgan fingerprint density at radius 3 is 2.90 bits per heavy atom. The summed E-state index contributed by atoms with van der Waals surface area (Å²) in [5.74, 6) is 0. The molecule has 1 unspecified atom stereocenters. The molecule has 1 heterocycles. The van der Waals surface area contributed by atoms with Crippen LogP contribution in [-0.4, -0.2) is 28.7 Å². The minimum atomic E-state index is -1.32. The second-order valence-corrected chi connectivity index (χ2v) is 5.06. The second kappa shape index (κ2) is 5.35. The normalized spacial score (nSPS) is 17.1. The molecule has 1 amide bonds. The summed E-state index contributed by atoms with van der Waals surface area (Å²) in [7, 11) is 0. The van der Waals surface area contributed by atoms with Gasteiger partial charge >= 0.3 is 6.09 Å². The molecule has 104 valence electrons. The molecule has 2 rings (SSSR count). The lowest BCUT2D eigenvalue weighted by Crippen LogP contribution is -2.41. The molecule has 0 saturated heterocycles. The highest BCUT2D eigenvalue weighted by Crippen LogP contribution is 2.39. The van der Waals surface area contributed by atoms with Crippen molar-refractivity contribution >= 4 is 33.4 Å². The van der Waals surface area contributed by atoms with E-state index in [2.05, 4.69) is 26.0 Å². The summed E-state index contributed by atoms with van der Waals surface area (Å²) in [6, 6.07) is 2.26. The van der Waals surface area contributed by atoms with Gasteiger partial charge in [-0.05, 0) is 23.6 Å². The van der Waals surface area contributed by atoms with Gasteiger partial charge in [-0.2, -0.15) is 0 Å². The summed E-state index contributed by atoms with van der Waals surface area (Å²) in [4.78, 5) is 25.3. The lowest BCUT2D eigenvalue weighted by Gasteiger charge is -2.30. The van der Waals surface area contributed by atoms with Crippen molar-refractivity contribution in [1.82, 2.24) is 0 Å². The molecule has 1 aliphatic rings. The van der Waals surface area contributed by atoms with Gasteiger partial charge in [-0.25, -0.2) is 4.79 Å². The maximum absolute atomic E-state index is 11.3. The number of nitro groups is 1. The van der Waals surface area contributed by atoms with E-state index in [4.69, 9.17) is 5.53 Å². The monoisotopic (exact) mass is 341 g/mol. The first-order valence-corrected chi connectivity index (χ1v) is 6.24. The minimum Gasteiger partial charge on any atom is -0.465 e. The zero-order valence-electron chi connectivity index (χ0n) is 9.93. The Morgan fingerprint density at radius 1 is 1.65 bits per heavy atom. The number of amides is 1. The van der Waals surface area contributed by atoms with Crippen LogP contribution in [0.3, 0.4) is 0 Å². The fourth-order valence-corrected chi connectivity index (χ4v) is 2.68. The summed E-state index contributed by atoms with van der Waals surface area (Å²) in [5.41, 5.74) is 8.66. The molecule has 1 aliphatic heterocycles. The first-order valence-electron chi connectivity index (χ1n) is 5.45. The number of halogens is 1. The molecule has 20 heavy (non-hydrogen) atoms. The topological polar surface area (TPSA) is 132 Å². The van der Waals surface area contributed by atoms with Crippen LogP contribution in [0.2, 0.25) is 0 Å². The first kappa shape index (κ1) is 14.1. The van der Waals surface area contributed by atoms with E-state index in [1.165, 1.54) is 6.07 Å². The molecule has 9 nitrogen and oxygen atoms in total. The maximum atomic E-state index is 11.3. The van der Waals surface area contributed by atoms with E-state index in [0.29, 0.717) is 10.0 Å². The Bertz CT molecular complexity index is 643. The molecule has 1 atom stereocenters. The van der Waals surface area contributed by atoms with E-state index < -0.39 is 17.1 Å². The van der Waals surface area contributed by atoms with E-state index >= 15 is 0 Å². The highest BCUT2D eigenvalue weighted by atomic mass is 79.9. The van der Waals surface area contributed by atoms with Crippen molar-refractivity contribution in [3.8, 4) is 0 Å². The molecule has 0 aliphatic carbocycles. The predicted molar refractivity (Wildman–Crippen MR) is 72.8 cm³/mol. The Kier molecular flexibility index (Phi) is 3.77. The van der Waals surface area contributed by atoms with Crippen LogP contribution in [0, 0.1) is 10.1 Å². The maximum Gasteiger partial charge on any atom is 0.412 e. The van der Waals surface area contributed by atoms with Crippen molar-refractivity contribution in [3.05, 3.63) is 42.7 Å². The lowest BCUT2D eigenvalue weighted by molar-refractivity contribution is -0.384. The Balaban J connectivity index is 2.64. The van der Waals surface area contributed by atoms with Crippen molar-refractivity contribution in [2.24, 2.45) is 5.11 Å². The van der Waals surface area contributed by atoms with E-state index in [0.717, 1.165) is 4.90 Å². The number of hydrogen-bond acceptors (Lipinski definition) is 4. The number of benzene rings is 1. The molecule has 0 aromatic heterocycles. The molecule has 0 radical (unpaired) electrons. The van der Waals surface area contributed by atoms with Gasteiger partial charge in [0, 0.05) is 22.0 Å². The summed E-state index contributed by atoms with van der Waals surface area (Å²) >= 11 is 3.15. The number of nitro benzene ring substituents is 1. The highest BCUT2D eigenvalue weighted by Gasteiger charge is 2.34. The number of rotatable bonds is 2. The summed E-state index contributed by atoms with van der Waals surface area (Å²) in [5, 5.41) is 23.8. The molecule has 0 bridgehead atoms. The van der Waals surface area contributed by atoms with Crippen molar-refractivity contribution < 1.29 is 14.8 Å². The number of fused-ring (bicyclic) bond motifs is 1. The van der Waals surface area contributed by atoms with Gasteiger partial charge in [-0.1, -0.05) is 21.0 Å². The van der Waals surface area contributed by atoms with Gasteiger partial charge in [0.15, 0.2) is 0 Å². The third-order valence-corrected chi connectivity index (χ3v) is 3.35. The van der Waals surface area contributed by atoms with Gasteiger partial charge in [-0.15, -0.1) is 0 Å². The van der Waals surface area contributed by atoms with Crippen molar-refractivity contribution in [1.29, 1.82) is 0 Å². The number of carboxylic acid groups (broad SMARTS) is 1. The van der Waals surface area contributed by atoms with Crippen LogP contribution in [-0.2, 0) is 6.42 Å². The number of hydrogen-bond donors (Lipinski definition) is 1. The van der Waals surface area contributed by atoms with Gasteiger partial charge in [0.05, 0.1) is 11.0 Å². The van der Waals surface area contributed by atoms with E-state index in [-0.39, 0.29) is 24.3 Å². The van der Waals surface area contributed by atoms with E-state index in [9.17, 15) is 20.0 Å². The third kappa shape index (κ3) is 2.51. The fourth-order valence-electron chi connectivity index (χ4n) is 2.19. The Morgan fingerprint density at radius 2 is 2.35 bits per heavy atom. The third-order valence-electron chi connectivity index (χ3n) is 2.89. The second-order valence-electron chi connectivity index (χ2n) is 4.15. The Hall–Kier alpha value is -2.32.